The van der Waals surface area contributed by atoms with Crippen LogP contribution < -0.4 is 11.1 Å². The van der Waals surface area contributed by atoms with Crippen LogP contribution in [0.5, 0.6) is 0 Å². The predicted molar refractivity (Wildman–Crippen MR) is 61.8 cm³/mol. The molecule has 88 valence electrons. The highest BCUT2D eigenvalue weighted by Crippen LogP contribution is 2.35. The van der Waals surface area contributed by atoms with E-state index in [0.29, 0.717) is 17.6 Å². The number of ether oxygens (including phenoxy) is 1. The normalized spacial score (nSPS) is 41.2. The quantitative estimate of drug-likeness (QED) is 0.738. The van der Waals surface area contributed by atoms with E-state index in [4.69, 9.17) is 10.5 Å². The average Bonchev–Trinajstić information content (AvgIpc) is 2.79. The molecule has 2 fully saturated rings. The number of rotatable bonds is 4. The lowest BCUT2D eigenvalue weighted by molar-refractivity contribution is 0.106. The predicted octanol–water partition coefficient (Wildman–Crippen LogP) is 1.27. The van der Waals surface area contributed by atoms with Crippen LogP contribution in [-0.4, -0.2) is 31.8 Å². The Morgan fingerprint density at radius 1 is 1.40 bits per heavy atom. The van der Waals surface area contributed by atoms with Crippen molar-refractivity contribution in [3.05, 3.63) is 0 Å². The maximum absolute atomic E-state index is 6.14. The molecule has 2 rings (SSSR count). The highest BCUT2D eigenvalue weighted by molar-refractivity contribution is 4.93. The fourth-order valence-corrected chi connectivity index (χ4v) is 2.80. The van der Waals surface area contributed by atoms with Gasteiger partial charge in [-0.05, 0) is 31.1 Å². The Hall–Kier alpha value is -0.120. The van der Waals surface area contributed by atoms with Crippen molar-refractivity contribution in [1.29, 1.82) is 0 Å². The molecule has 2 aliphatic rings. The lowest BCUT2D eigenvalue weighted by atomic mass is 9.85. The summed E-state index contributed by atoms with van der Waals surface area (Å²) in [6.07, 6.45) is 6.65. The van der Waals surface area contributed by atoms with Crippen molar-refractivity contribution in [2.45, 2.75) is 51.2 Å². The first-order chi connectivity index (χ1) is 7.21. The van der Waals surface area contributed by atoms with Crippen LogP contribution in [-0.2, 0) is 4.74 Å². The molecule has 3 heteroatoms. The van der Waals surface area contributed by atoms with Gasteiger partial charge in [-0.2, -0.15) is 0 Å². The standard InChI is InChI=1S/C12H24N2O/c1-12(6-2-5-11(12)13)9-14-8-10-4-3-7-15-10/h10-11,14H,2-9,13H2,1H3. The Bertz CT molecular complexity index is 204. The first-order valence-electron chi connectivity index (χ1n) is 6.29. The number of hydrogen-bond donors (Lipinski definition) is 2. The van der Waals surface area contributed by atoms with Crippen molar-refractivity contribution in [2.75, 3.05) is 19.7 Å². The van der Waals surface area contributed by atoms with E-state index in [2.05, 4.69) is 12.2 Å². The van der Waals surface area contributed by atoms with E-state index in [-0.39, 0.29) is 0 Å². The topological polar surface area (TPSA) is 47.3 Å². The molecule has 3 nitrogen and oxygen atoms in total. The molecule has 1 heterocycles. The number of nitrogens with one attached hydrogen (secondary N) is 1. The SMILES string of the molecule is CC1(CNCC2CCCO2)CCCC1N. The zero-order valence-electron chi connectivity index (χ0n) is 9.80. The third kappa shape index (κ3) is 2.71. The molecule has 0 radical (unpaired) electrons. The van der Waals surface area contributed by atoms with Crippen LogP contribution in [0.4, 0.5) is 0 Å². The molecule has 3 atom stereocenters. The Balaban J connectivity index is 1.68. The zero-order chi connectivity index (χ0) is 10.7. The summed E-state index contributed by atoms with van der Waals surface area (Å²) in [7, 11) is 0. The molecule has 0 spiro atoms. The van der Waals surface area contributed by atoms with Crippen LogP contribution in [0.1, 0.15) is 39.0 Å². The van der Waals surface area contributed by atoms with Crippen molar-refractivity contribution in [2.24, 2.45) is 11.1 Å². The molecule has 0 aromatic carbocycles. The van der Waals surface area contributed by atoms with Gasteiger partial charge in [0.05, 0.1) is 6.10 Å². The molecule has 0 aromatic rings. The molecule has 1 aliphatic carbocycles. The van der Waals surface area contributed by atoms with E-state index in [0.717, 1.165) is 19.7 Å². The summed E-state index contributed by atoms with van der Waals surface area (Å²) in [4.78, 5) is 0. The van der Waals surface area contributed by atoms with Crippen molar-refractivity contribution in [1.82, 2.24) is 5.32 Å². The van der Waals surface area contributed by atoms with Gasteiger partial charge in [-0.15, -0.1) is 0 Å². The van der Waals surface area contributed by atoms with E-state index in [1.165, 1.54) is 32.1 Å². The Labute approximate surface area is 92.7 Å². The molecule has 15 heavy (non-hydrogen) atoms. The van der Waals surface area contributed by atoms with Crippen molar-refractivity contribution in [3.8, 4) is 0 Å². The van der Waals surface area contributed by atoms with Gasteiger partial charge < -0.3 is 15.8 Å². The highest BCUT2D eigenvalue weighted by Gasteiger charge is 2.35. The van der Waals surface area contributed by atoms with Crippen LogP contribution in [0.2, 0.25) is 0 Å². The van der Waals surface area contributed by atoms with Crippen LogP contribution in [0.15, 0.2) is 0 Å². The fraction of sp³-hybridized carbons (Fsp3) is 1.00. The van der Waals surface area contributed by atoms with Crippen molar-refractivity contribution < 1.29 is 4.74 Å². The molecule has 3 unspecified atom stereocenters. The minimum Gasteiger partial charge on any atom is -0.377 e. The van der Waals surface area contributed by atoms with E-state index >= 15 is 0 Å². The average molecular weight is 212 g/mol. The van der Waals surface area contributed by atoms with Crippen LogP contribution in [0, 0.1) is 5.41 Å². The number of nitrogens with two attached hydrogens (primary N) is 1. The van der Waals surface area contributed by atoms with Crippen molar-refractivity contribution >= 4 is 0 Å². The lowest BCUT2D eigenvalue weighted by Crippen LogP contribution is -2.44. The molecule has 0 amide bonds. The van der Waals surface area contributed by atoms with Crippen LogP contribution in [0.3, 0.4) is 0 Å². The molecule has 1 aliphatic heterocycles. The third-order valence-corrected chi connectivity index (χ3v) is 4.08. The first-order valence-corrected chi connectivity index (χ1v) is 6.29. The molecule has 0 aromatic heterocycles. The van der Waals surface area contributed by atoms with E-state index < -0.39 is 0 Å². The van der Waals surface area contributed by atoms with Gasteiger partial charge in [0.1, 0.15) is 0 Å². The summed E-state index contributed by atoms with van der Waals surface area (Å²) in [5.74, 6) is 0. The van der Waals surface area contributed by atoms with E-state index in [1.54, 1.807) is 0 Å². The summed E-state index contributed by atoms with van der Waals surface area (Å²) in [5.41, 5.74) is 6.45. The lowest BCUT2D eigenvalue weighted by Gasteiger charge is -2.29. The monoisotopic (exact) mass is 212 g/mol. The second kappa shape index (κ2) is 4.81. The Kier molecular flexibility index (Phi) is 3.65. The highest BCUT2D eigenvalue weighted by atomic mass is 16.5. The van der Waals surface area contributed by atoms with E-state index in [1.807, 2.05) is 0 Å². The summed E-state index contributed by atoms with van der Waals surface area (Å²) in [6, 6.07) is 0.384. The zero-order valence-corrected chi connectivity index (χ0v) is 9.80. The summed E-state index contributed by atoms with van der Waals surface area (Å²) < 4.78 is 5.58. The maximum atomic E-state index is 6.14. The molecule has 1 saturated heterocycles. The van der Waals surface area contributed by atoms with Gasteiger partial charge >= 0.3 is 0 Å². The molecular formula is C12H24N2O. The summed E-state index contributed by atoms with van der Waals surface area (Å²) in [6.45, 7) is 5.31. The molecule has 3 N–H and O–H groups in total. The summed E-state index contributed by atoms with van der Waals surface area (Å²) in [5, 5.41) is 3.54. The van der Waals surface area contributed by atoms with Crippen LogP contribution in [0.25, 0.3) is 0 Å². The van der Waals surface area contributed by atoms with Gasteiger partial charge in [0.15, 0.2) is 0 Å². The molecule has 1 saturated carbocycles. The van der Waals surface area contributed by atoms with Gasteiger partial charge in [-0.25, -0.2) is 0 Å². The number of hydrogen-bond acceptors (Lipinski definition) is 3. The van der Waals surface area contributed by atoms with E-state index in [9.17, 15) is 0 Å². The van der Waals surface area contributed by atoms with Gasteiger partial charge in [0.2, 0.25) is 0 Å². The van der Waals surface area contributed by atoms with Crippen molar-refractivity contribution in [3.63, 3.8) is 0 Å². The van der Waals surface area contributed by atoms with Gasteiger partial charge in [0, 0.05) is 25.7 Å². The summed E-state index contributed by atoms with van der Waals surface area (Å²) >= 11 is 0. The largest absolute Gasteiger partial charge is 0.377 e. The second-order valence-electron chi connectivity index (χ2n) is 5.42. The van der Waals surface area contributed by atoms with Crippen LogP contribution >= 0.6 is 0 Å². The fourth-order valence-electron chi connectivity index (χ4n) is 2.80. The minimum absolute atomic E-state index is 0.318. The molecular weight excluding hydrogens is 188 g/mol. The molecule has 0 bridgehead atoms. The second-order valence-corrected chi connectivity index (χ2v) is 5.42. The first kappa shape index (κ1) is 11.4. The minimum atomic E-state index is 0.318. The third-order valence-electron chi connectivity index (χ3n) is 4.08. The smallest absolute Gasteiger partial charge is 0.0700 e. The maximum Gasteiger partial charge on any atom is 0.0700 e. The Morgan fingerprint density at radius 3 is 2.87 bits per heavy atom. The van der Waals surface area contributed by atoms with Gasteiger partial charge in [-0.3, -0.25) is 0 Å². The van der Waals surface area contributed by atoms with Gasteiger partial charge in [-0.1, -0.05) is 13.3 Å². The van der Waals surface area contributed by atoms with Gasteiger partial charge in [0.25, 0.3) is 0 Å². The Morgan fingerprint density at radius 2 is 2.27 bits per heavy atom.